The second-order valence-corrected chi connectivity index (χ2v) is 6.44. The molecule has 19 heavy (non-hydrogen) atoms. The number of hydrogen-bond acceptors (Lipinski definition) is 2. The molecule has 1 amide bonds. The highest BCUT2D eigenvalue weighted by Crippen LogP contribution is 2.25. The number of amides is 1. The van der Waals surface area contributed by atoms with E-state index in [0.29, 0.717) is 0 Å². The summed E-state index contributed by atoms with van der Waals surface area (Å²) in [5, 5.41) is 3.35. The minimum absolute atomic E-state index is 0.133. The van der Waals surface area contributed by atoms with Gasteiger partial charge in [0.15, 0.2) is 0 Å². The number of piperidine rings is 1. The highest BCUT2D eigenvalue weighted by Gasteiger charge is 2.31. The minimum atomic E-state index is 0.133. The molecule has 0 saturated carbocycles. The number of carbonyl (C=O) groups is 1. The zero-order chi connectivity index (χ0) is 14.0. The van der Waals surface area contributed by atoms with Crippen molar-refractivity contribution in [3.05, 3.63) is 33.8 Å². The van der Waals surface area contributed by atoms with Crippen molar-refractivity contribution in [3.63, 3.8) is 0 Å². The van der Waals surface area contributed by atoms with Gasteiger partial charge < -0.3 is 10.2 Å². The molecule has 104 valence electrons. The first-order valence-corrected chi connectivity index (χ1v) is 7.49. The molecule has 1 fully saturated rings. The maximum atomic E-state index is 12.5. The second kappa shape index (κ2) is 5.63. The molecule has 0 spiro atoms. The standard InChI is InChI=1S/C15H21BrN2O/c1-11-4-5-13(16)12(10-11)14(19)18-8-6-15(2,17-3)7-9-18/h4-5,10,17H,6-9H2,1-3H3. The summed E-state index contributed by atoms with van der Waals surface area (Å²) in [5.74, 6) is 0.133. The fourth-order valence-corrected chi connectivity index (χ4v) is 2.84. The highest BCUT2D eigenvalue weighted by atomic mass is 79.9. The van der Waals surface area contributed by atoms with Crippen molar-refractivity contribution in [3.8, 4) is 0 Å². The summed E-state index contributed by atoms with van der Waals surface area (Å²) < 4.78 is 0.880. The Hall–Kier alpha value is -0.870. The fourth-order valence-electron chi connectivity index (χ4n) is 2.43. The highest BCUT2D eigenvalue weighted by molar-refractivity contribution is 9.10. The van der Waals surface area contributed by atoms with E-state index in [9.17, 15) is 4.79 Å². The lowest BCUT2D eigenvalue weighted by Crippen LogP contribution is -2.51. The van der Waals surface area contributed by atoms with Crippen LogP contribution in [0.1, 0.15) is 35.7 Å². The topological polar surface area (TPSA) is 32.3 Å². The Morgan fingerprint density at radius 3 is 2.58 bits per heavy atom. The molecule has 1 aromatic rings. The van der Waals surface area contributed by atoms with Gasteiger partial charge in [0.1, 0.15) is 0 Å². The van der Waals surface area contributed by atoms with Crippen LogP contribution in [-0.4, -0.2) is 36.5 Å². The Kier molecular flexibility index (Phi) is 4.31. The Labute approximate surface area is 123 Å². The zero-order valence-electron chi connectivity index (χ0n) is 11.8. The van der Waals surface area contributed by atoms with Gasteiger partial charge in [-0.25, -0.2) is 0 Å². The van der Waals surface area contributed by atoms with Crippen LogP contribution in [0.2, 0.25) is 0 Å². The molecule has 1 aliphatic heterocycles. The summed E-state index contributed by atoms with van der Waals surface area (Å²) in [4.78, 5) is 14.5. The Morgan fingerprint density at radius 1 is 1.37 bits per heavy atom. The molecule has 4 heteroatoms. The van der Waals surface area contributed by atoms with E-state index in [0.717, 1.165) is 41.5 Å². The van der Waals surface area contributed by atoms with Crippen LogP contribution in [0, 0.1) is 6.92 Å². The molecule has 3 nitrogen and oxygen atoms in total. The van der Waals surface area contributed by atoms with E-state index >= 15 is 0 Å². The third kappa shape index (κ3) is 3.18. The van der Waals surface area contributed by atoms with Gasteiger partial charge >= 0.3 is 0 Å². The van der Waals surface area contributed by atoms with Crippen LogP contribution in [-0.2, 0) is 0 Å². The van der Waals surface area contributed by atoms with E-state index in [1.807, 2.05) is 37.1 Å². The largest absolute Gasteiger partial charge is 0.338 e. The molecule has 0 unspecified atom stereocenters. The van der Waals surface area contributed by atoms with E-state index in [4.69, 9.17) is 0 Å². The average Bonchev–Trinajstić information content (AvgIpc) is 2.42. The molecule has 0 radical (unpaired) electrons. The monoisotopic (exact) mass is 324 g/mol. The van der Waals surface area contributed by atoms with Gasteiger partial charge in [0.2, 0.25) is 0 Å². The van der Waals surface area contributed by atoms with Gasteiger partial charge in [-0.05, 0) is 61.8 Å². The van der Waals surface area contributed by atoms with Crippen molar-refractivity contribution in [1.82, 2.24) is 10.2 Å². The van der Waals surface area contributed by atoms with E-state index in [-0.39, 0.29) is 11.4 Å². The quantitative estimate of drug-likeness (QED) is 0.907. The first-order chi connectivity index (χ1) is 8.95. The van der Waals surface area contributed by atoms with Crippen molar-refractivity contribution in [1.29, 1.82) is 0 Å². The number of rotatable bonds is 2. The molecular weight excluding hydrogens is 304 g/mol. The van der Waals surface area contributed by atoms with Gasteiger partial charge in [0.05, 0.1) is 5.56 Å². The maximum absolute atomic E-state index is 12.5. The van der Waals surface area contributed by atoms with Crippen LogP contribution >= 0.6 is 15.9 Å². The van der Waals surface area contributed by atoms with E-state index in [1.54, 1.807) is 0 Å². The first-order valence-electron chi connectivity index (χ1n) is 6.69. The van der Waals surface area contributed by atoms with Crippen LogP contribution < -0.4 is 5.32 Å². The predicted molar refractivity (Wildman–Crippen MR) is 81.5 cm³/mol. The fraction of sp³-hybridized carbons (Fsp3) is 0.533. The lowest BCUT2D eigenvalue weighted by Gasteiger charge is -2.39. The summed E-state index contributed by atoms with van der Waals surface area (Å²) in [7, 11) is 1.99. The number of nitrogens with one attached hydrogen (secondary N) is 1. The van der Waals surface area contributed by atoms with Gasteiger partial charge in [-0.3, -0.25) is 4.79 Å². The van der Waals surface area contributed by atoms with E-state index in [1.165, 1.54) is 0 Å². The first kappa shape index (κ1) is 14.5. The maximum Gasteiger partial charge on any atom is 0.255 e. The normalized spacial score (nSPS) is 18.4. The molecular formula is C15H21BrN2O. The lowest BCUT2D eigenvalue weighted by atomic mass is 9.89. The van der Waals surface area contributed by atoms with Gasteiger partial charge in [0, 0.05) is 23.1 Å². The summed E-state index contributed by atoms with van der Waals surface area (Å²) in [5.41, 5.74) is 2.05. The van der Waals surface area contributed by atoms with Crippen LogP contribution in [0.3, 0.4) is 0 Å². The van der Waals surface area contributed by atoms with Crippen molar-refractivity contribution < 1.29 is 4.79 Å². The van der Waals surface area contributed by atoms with E-state index in [2.05, 4.69) is 28.2 Å². The molecule has 2 rings (SSSR count). The molecule has 0 atom stereocenters. The van der Waals surface area contributed by atoms with Crippen molar-refractivity contribution >= 4 is 21.8 Å². The number of halogens is 1. The number of nitrogens with zero attached hydrogens (tertiary/aromatic N) is 1. The Morgan fingerprint density at radius 2 is 2.00 bits per heavy atom. The molecule has 1 saturated heterocycles. The van der Waals surface area contributed by atoms with Gasteiger partial charge in [-0.2, -0.15) is 0 Å². The Bertz CT molecular complexity index is 479. The van der Waals surface area contributed by atoms with Crippen LogP contribution in [0.15, 0.2) is 22.7 Å². The number of likely N-dealkylation sites (tertiary alicyclic amines) is 1. The average molecular weight is 325 g/mol. The van der Waals surface area contributed by atoms with Gasteiger partial charge in [0.25, 0.3) is 5.91 Å². The van der Waals surface area contributed by atoms with Crippen LogP contribution in [0.25, 0.3) is 0 Å². The molecule has 1 heterocycles. The molecule has 0 aromatic heterocycles. The van der Waals surface area contributed by atoms with Crippen LogP contribution in [0.4, 0.5) is 0 Å². The van der Waals surface area contributed by atoms with Gasteiger partial charge in [-0.1, -0.05) is 11.6 Å². The number of hydrogen-bond donors (Lipinski definition) is 1. The minimum Gasteiger partial charge on any atom is -0.338 e. The van der Waals surface area contributed by atoms with Crippen molar-refractivity contribution in [2.24, 2.45) is 0 Å². The SMILES string of the molecule is CNC1(C)CCN(C(=O)c2cc(C)ccc2Br)CC1. The lowest BCUT2D eigenvalue weighted by molar-refractivity contribution is 0.0661. The van der Waals surface area contributed by atoms with Crippen molar-refractivity contribution in [2.45, 2.75) is 32.2 Å². The number of benzene rings is 1. The Balaban J connectivity index is 2.11. The molecule has 0 bridgehead atoms. The zero-order valence-corrected chi connectivity index (χ0v) is 13.4. The van der Waals surface area contributed by atoms with Crippen molar-refractivity contribution in [2.75, 3.05) is 20.1 Å². The molecule has 0 aliphatic carbocycles. The number of carbonyl (C=O) groups excluding carboxylic acids is 1. The van der Waals surface area contributed by atoms with E-state index < -0.39 is 0 Å². The number of aryl methyl sites for hydroxylation is 1. The molecule has 1 aromatic carbocycles. The smallest absolute Gasteiger partial charge is 0.255 e. The van der Waals surface area contributed by atoms with Gasteiger partial charge in [-0.15, -0.1) is 0 Å². The molecule has 1 N–H and O–H groups in total. The second-order valence-electron chi connectivity index (χ2n) is 5.59. The third-order valence-corrected chi connectivity index (χ3v) is 4.80. The third-order valence-electron chi connectivity index (χ3n) is 4.11. The van der Waals surface area contributed by atoms with Crippen LogP contribution in [0.5, 0.6) is 0 Å². The summed E-state index contributed by atoms with van der Waals surface area (Å²) in [6.07, 6.45) is 2.00. The summed E-state index contributed by atoms with van der Waals surface area (Å²) >= 11 is 3.47. The predicted octanol–water partition coefficient (Wildman–Crippen LogP) is 2.97. The molecule has 1 aliphatic rings. The summed E-state index contributed by atoms with van der Waals surface area (Å²) in [6.45, 7) is 5.86. The summed E-state index contributed by atoms with van der Waals surface area (Å²) in [6, 6.07) is 5.91.